The van der Waals surface area contributed by atoms with E-state index in [-0.39, 0.29) is 5.13 Å². The molecule has 0 atom stereocenters. The number of nitro benzene ring substituents is 1. The molecule has 0 aliphatic carbocycles. The summed E-state index contributed by atoms with van der Waals surface area (Å²) in [6.07, 6.45) is 0. The fourth-order valence-corrected chi connectivity index (χ4v) is 1.56. The van der Waals surface area contributed by atoms with Crippen molar-refractivity contribution < 1.29 is 18.5 Å². The Labute approximate surface area is 107 Å². The van der Waals surface area contributed by atoms with Crippen molar-refractivity contribution in [2.24, 2.45) is 0 Å². The first-order valence-corrected chi connectivity index (χ1v) is 5.36. The molecule has 0 aliphatic heterocycles. The molecule has 1 amide bonds. The summed E-state index contributed by atoms with van der Waals surface area (Å²) >= 11 is 0.735. The molecule has 98 valence electrons. The summed E-state index contributed by atoms with van der Waals surface area (Å²) in [5, 5.41) is 19.1. The van der Waals surface area contributed by atoms with E-state index in [0.717, 1.165) is 11.5 Å². The van der Waals surface area contributed by atoms with E-state index >= 15 is 0 Å². The van der Waals surface area contributed by atoms with Gasteiger partial charge < -0.3 is 0 Å². The molecule has 0 aliphatic rings. The molecule has 1 aromatic carbocycles. The van der Waals surface area contributed by atoms with E-state index < -0.39 is 33.7 Å². The molecule has 1 aromatic heterocycles. The number of carbonyl (C=O) groups is 1. The molecule has 0 saturated carbocycles. The molecule has 0 radical (unpaired) electrons. The van der Waals surface area contributed by atoms with Gasteiger partial charge in [-0.05, 0) is 11.3 Å². The number of anilines is 1. The highest BCUT2D eigenvalue weighted by molar-refractivity contribution is 7.09. The second-order valence-corrected chi connectivity index (χ2v) is 3.89. The van der Waals surface area contributed by atoms with Crippen LogP contribution in [0.2, 0.25) is 0 Å². The minimum absolute atomic E-state index is 0.0110. The van der Waals surface area contributed by atoms with Gasteiger partial charge in [-0.2, -0.15) is 4.39 Å². The van der Waals surface area contributed by atoms with E-state index in [1.165, 1.54) is 0 Å². The molecule has 1 N–H and O–H groups in total. The highest BCUT2D eigenvalue weighted by atomic mass is 32.1. The molecule has 0 fully saturated rings. The van der Waals surface area contributed by atoms with Crippen LogP contribution in [-0.2, 0) is 0 Å². The monoisotopic (exact) mass is 287 g/mol. The molecular formula is C8H3F2N5O3S. The molecule has 8 nitrogen and oxygen atoms in total. The van der Waals surface area contributed by atoms with Crippen molar-refractivity contribution in [3.63, 3.8) is 0 Å². The van der Waals surface area contributed by atoms with Gasteiger partial charge in [-0.25, -0.2) is 4.39 Å². The summed E-state index contributed by atoms with van der Waals surface area (Å²) in [7, 11) is 0. The van der Waals surface area contributed by atoms with E-state index in [1.807, 2.05) is 0 Å². The van der Waals surface area contributed by atoms with Crippen molar-refractivity contribution in [3.8, 4) is 0 Å². The van der Waals surface area contributed by atoms with Gasteiger partial charge in [0.25, 0.3) is 5.91 Å². The lowest BCUT2D eigenvalue weighted by molar-refractivity contribution is -0.387. The van der Waals surface area contributed by atoms with Crippen molar-refractivity contribution in [1.82, 2.24) is 14.8 Å². The van der Waals surface area contributed by atoms with Gasteiger partial charge in [-0.15, -0.1) is 0 Å². The van der Waals surface area contributed by atoms with Crippen LogP contribution in [0.4, 0.5) is 19.6 Å². The first-order valence-electron chi connectivity index (χ1n) is 4.59. The maximum atomic E-state index is 13.5. The number of nitrogens with one attached hydrogen (secondary N) is 1. The van der Waals surface area contributed by atoms with Crippen LogP contribution < -0.4 is 5.32 Å². The Morgan fingerprint density at radius 2 is 2.11 bits per heavy atom. The summed E-state index contributed by atoms with van der Waals surface area (Å²) in [6, 6.07) is 0.778. The third kappa shape index (κ3) is 2.65. The molecule has 11 heteroatoms. The van der Waals surface area contributed by atoms with Crippen LogP contribution in [0, 0.1) is 21.7 Å². The second-order valence-electron chi connectivity index (χ2n) is 3.16. The molecule has 19 heavy (non-hydrogen) atoms. The highest BCUT2D eigenvalue weighted by Gasteiger charge is 2.22. The molecule has 0 spiro atoms. The number of nitro groups is 1. The topological polar surface area (TPSA) is 111 Å². The zero-order chi connectivity index (χ0) is 14.0. The lowest BCUT2D eigenvalue weighted by atomic mass is 10.1. The zero-order valence-corrected chi connectivity index (χ0v) is 9.65. The van der Waals surface area contributed by atoms with E-state index in [4.69, 9.17) is 0 Å². The van der Waals surface area contributed by atoms with Crippen molar-refractivity contribution in [3.05, 3.63) is 39.4 Å². The fraction of sp³-hybridized carbons (Fsp3) is 0. The van der Waals surface area contributed by atoms with Crippen molar-refractivity contribution >= 4 is 28.3 Å². The van der Waals surface area contributed by atoms with Gasteiger partial charge in [0.15, 0.2) is 0 Å². The normalized spacial score (nSPS) is 10.2. The Balaban J connectivity index is 2.32. The number of halogens is 2. The number of nitrogens with zero attached hydrogens (tertiary/aromatic N) is 4. The molecule has 0 saturated heterocycles. The summed E-state index contributed by atoms with van der Waals surface area (Å²) in [5.41, 5.74) is -1.73. The van der Waals surface area contributed by atoms with Gasteiger partial charge in [0, 0.05) is 11.5 Å². The number of rotatable bonds is 3. The molecular weight excluding hydrogens is 284 g/mol. The Hall–Kier alpha value is -2.56. The largest absolute Gasteiger partial charge is 0.307 e. The lowest BCUT2D eigenvalue weighted by Gasteiger charge is -2.03. The van der Waals surface area contributed by atoms with Crippen LogP contribution in [0.5, 0.6) is 0 Å². The Morgan fingerprint density at radius 3 is 2.68 bits per heavy atom. The average Bonchev–Trinajstić information content (AvgIpc) is 2.83. The Kier molecular flexibility index (Phi) is 3.37. The van der Waals surface area contributed by atoms with Crippen molar-refractivity contribution in [2.75, 3.05) is 5.32 Å². The Morgan fingerprint density at radius 1 is 1.37 bits per heavy atom. The second kappa shape index (κ2) is 4.97. The van der Waals surface area contributed by atoms with Crippen LogP contribution >= 0.6 is 11.5 Å². The lowest BCUT2D eigenvalue weighted by Crippen LogP contribution is -2.14. The molecule has 0 unspecified atom stereocenters. The first kappa shape index (κ1) is 12.9. The van der Waals surface area contributed by atoms with Gasteiger partial charge in [-0.1, -0.05) is 9.59 Å². The van der Waals surface area contributed by atoms with E-state index in [0.29, 0.717) is 12.1 Å². The summed E-state index contributed by atoms with van der Waals surface area (Å²) in [5.74, 6) is -3.54. The smallest absolute Gasteiger partial charge is 0.295 e. The number of hydrogen-bond donors (Lipinski definition) is 1. The van der Waals surface area contributed by atoms with Crippen LogP contribution in [0.3, 0.4) is 0 Å². The molecule has 0 bridgehead atoms. The maximum Gasteiger partial charge on any atom is 0.307 e. The minimum atomic E-state index is -1.31. The third-order valence-corrected chi connectivity index (χ3v) is 2.51. The average molecular weight is 287 g/mol. The van der Waals surface area contributed by atoms with Gasteiger partial charge in [-0.3, -0.25) is 20.2 Å². The Bertz CT molecular complexity index is 648. The number of hydrogen-bond acceptors (Lipinski definition) is 7. The van der Waals surface area contributed by atoms with E-state index in [9.17, 15) is 23.7 Å². The van der Waals surface area contributed by atoms with E-state index in [2.05, 4.69) is 20.1 Å². The van der Waals surface area contributed by atoms with Gasteiger partial charge >= 0.3 is 5.69 Å². The number of benzene rings is 1. The van der Waals surface area contributed by atoms with Crippen molar-refractivity contribution in [2.45, 2.75) is 0 Å². The van der Waals surface area contributed by atoms with Crippen LogP contribution in [0.1, 0.15) is 10.4 Å². The first-order chi connectivity index (χ1) is 8.99. The van der Waals surface area contributed by atoms with Crippen LogP contribution in [0.25, 0.3) is 0 Å². The van der Waals surface area contributed by atoms with E-state index in [1.54, 1.807) is 0 Å². The molecule has 1 heterocycles. The predicted molar refractivity (Wildman–Crippen MR) is 58.7 cm³/mol. The SMILES string of the molecule is O=C(Nc1nnns1)c1cc(F)c([N+](=O)[O-])cc1F. The minimum Gasteiger partial charge on any atom is -0.295 e. The summed E-state index contributed by atoms with van der Waals surface area (Å²) in [4.78, 5) is 20.9. The van der Waals surface area contributed by atoms with Gasteiger partial charge in [0.1, 0.15) is 5.82 Å². The number of carbonyl (C=O) groups excluding carboxylic acids is 1. The number of aromatic nitrogens is 3. The van der Waals surface area contributed by atoms with Crippen LogP contribution in [-0.4, -0.2) is 25.6 Å². The quantitative estimate of drug-likeness (QED) is 0.674. The van der Waals surface area contributed by atoms with Crippen molar-refractivity contribution in [1.29, 1.82) is 0 Å². The standard InChI is InChI=1S/C8H3F2N5O3S/c9-4-2-6(15(17)18)5(10)1-3(4)7(16)11-8-12-13-14-19-8/h1-2H,(H,11,12,14,16). The predicted octanol–water partition coefficient (Wildman–Crippen LogP) is 1.37. The zero-order valence-electron chi connectivity index (χ0n) is 8.83. The summed E-state index contributed by atoms with van der Waals surface area (Å²) in [6.45, 7) is 0. The molecule has 2 aromatic rings. The highest BCUT2D eigenvalue weighted by Crippen LogP contribution is 2.22. The molecule has 2 rings (SSSR count). The third-order valence-electron chi connectivity index (χ3n) is 2.00. The van der Waals surface area contributed by atoms with Gasteiger partial charge in [0.05, 0.1) is 16.6 Å². The van der Waals surface area contributed by atoms with Gasteiger partial charge in [0.2, 0.25) is 10.9 Å². The maximum absolute atomic E-state index is 13.5. The fourth-order valence-electron chi connectivity index (χ4n) is 1.20. The summed E-state index contributed by atoms with van der Waals surface area (Å²) < 4.78 is 30.1. The number of amides is 1. The van der Waals surface area contributed by atoms with Crippen LogP contribution in [0.15, 0.2) is 12.1 Å².